The third-order valence-corrected chi connectivity index (χ3v) is 4.98. The Balaban J connectivity index is 2.21. The molecule has 0 aliphatic heterocycles. The maximum atomic E-state index is 11.6. The van der Waals surface area contributed by atoms with E-state index in [9.17, 15) is 13.2 Å². The van der Waals surface area contributed by atoms with Crippen molar-refractivity contribution in [2.45, 2.75) is 29.9 Å². The lowest BCUT2D eigenvalue weighted by molar-refractivity contribution is -0.137. The number of thiophene rings is 1. The third kappa shape index (κ3) is 5.29. The van der Waals surface area contributed by atoms with Crippen molar-refractivity contribution in [3.05, 3.63) is 17.5 Å². The predicted molar refractivity (Wildman–Crippen MR) is 65.6 cm³/mol. The molecule has 2 N–H and O–H groups in total. The quantitative estimate of drug-likeness (QED) is 0.708. The Labute approximate surface area is 105 Å². The summed E-state index contributed by atoms with van der Waals surface area (Å²) < 4.78 is 26.1. The van der Waals surface area contributed by atoms with Crippen molar-refractivity contribution in [2.24, 2.45) is 0 Å². The van der Waals surface area contributed by atoms with Gasteiger partial charge in [0.15, 0.2) is 0 Å². The first kappa shape index (κ1) is 14.1. The van der Waals surface area contributed by atoms with Gasteiger partial charge in [0, 0.05) is 13.0 Å². The second-order valence-electron chi connectivity index (χ2n) is 3.53. The molecule has 1 aromatic rings. The number of carboxylic acids is 1. The number of aliphatic carboxylic acids is 1. The smallest absolute Gasteiger partial charge is 0.303 e. The average molecular weight is 277 g/mol. The molecular weight excluding hydrogens is 262 g/mol. The minimum absolute atomic E-state index is 0.137. The molecule has 0 aliphatic rings. The number of rotatable bonds is 8. The number of carbonyl (C=O) groups is 1. The normalized spacial score (nSPS) is 11.5. The van der Waals surface area contributed by atoms with Crippen molar-refractivity contribution in [2.75, 3.05) is 6.54 Å². The maximum Gasteiger partial charge on any atom is 0.303 e. The second-order valence-corrected chi connectivity index (χ2v) is 6.48. The minimum Gasteiger partial charge on any atom is -0.481 e. The molecule has 96 valence electrons. The van der Waals surface area contributed by atoms with Crippen LogP contribution in [0.4, 0.5) is 0 Å². The van der Waals surface area contributed by atoms with E-state index < -0.39 is 16.0 Å². The van der Waals surface area contributed by atoms with Gasteiger partial charge in [-0.3, -0.25) is 4.79 Å². The summed E-state index contributed by atoms with van der Waals surface area (Å²) >= 11 is 1.17. The number of unbranched alkanes of at least 4 members (excludes halogenated alkanes) is 2. The van der Waals surface area contributed by atoms with Crippen molar-refractivity contribution >= 4 is 27.3 Å². The zero-order valence-electron chi connectivity index (χ0n) is 9.26. The number of hydrogen-bond donors (Lipinski definition) is 2. The van der Waals surface area contributed by atoms with Crippen molar-refractivity contribution in [3.8, 4) is 0 Å². The molecule has 0 bridgehead atoms. The third-order valence-electron chi connectivity index (χ3n) is 2.12. The molecule has 17 heavy (non-hydrogen) atoms. The molecule has 0 unspecified atom stereocenters. The van der Waals surface area contributed by atoms with E-state index in [1.54, 1.807) is 17.5 Å². The standard InChI is InChI=1S/C10H15NO4S2/c12-9(13)5-2-1-3-7-11-17(14,15)10-6-4-8-16-10/h4,6,8,11H,1-3,5,7H2,(H,12,13). The molecule has 0 aromatic carbocycles. The van der Waals surface area contributed by atoms with Crippen LogP contribution in [0.15, 0.2) is 21.7 Å². The Bertz CT molecular complexity index is 439. The van der Waals surface area contributed by atoms with Crippen LogP contribution in [-0.2, 0) is 14.8 Å². The fourth-order valence-corrected chi connectivity index (χ4v) is 3.38. The van der Waals surface area contributed by atoms with E-state index in [0.717, 1.165) is 0 Å². The summed E-state index contributed by atoms with van der Waals surface area (Å²) in [5.41, 5.74) is 0. The highest BCUT2D eigenvalue weighted by atomic mass is 32.2. The fraction of sp³-hybridized carbons (Fsp3) is 0.500. The van der Waals surface area contributed by atoms with Gasteiger partial charge in [-0.15, -0.1) is 11.3 Å². The monoisotopic (exact) mass is 277 g/mol. The molecule has 1 aromatic heterocycles. The van der Waals surface area contributed by atoms with E-state index in [1.165, 1.54) is 11.3 Å². The van der Waals surface area contributed by atoms with Crippen molar-refractivity contribution < 1.29 is 18.3 Å². The van der Waals surface area contributed by atoms with Crippen LogP contribution in [-0.4, -0.2) is 26.0 Å². The van der Waals surface area contributed by atoms with Crippen molar-refractivity contribution in [1.82, 2.24) is 4.72 Å². The molecule has 0 saturated carbocycles. The summed E-state index contributed by atoms with van der Waals surface area (Å²) in [6.07, 6.45) is 2.07. The first-order valence-electron chi connectivity index (χ1n) is 5.27. The highest BCUT2D eigenvalue weighted by molar-refractivity contribution is 7.91. The van der Waals surface area contributed by atoms with Crippen LogP contribution in [0, 0.1) is 0 Å². The highest BCUT2D eigenvalue weighted by Crippen LogP contribution is 2.15. The molecular formula is C10H15NO4S2. The number of nitrogens with one attached hydrogen (secondary N) is 1. The van der Waals surface area contributed by atoms with Crippen molar-refractivity contribution in [1.29, 1.82) is 0 Å². The molecule has 0 radical (unpaired) electrons. The maximum absolute atomic E-state index is 11.6. The lowest BCUT2D eigenvalue weighted by Gasteiger charge is -2.03. The summed E-state index contributed by atoms with van der Waals surface area (Å²) in [5, 5.41) is 10.1. The summed E-state index contributed by atoms with van der Waals surface area (Å²) in [7, 11) is -3.37. The molecule has 1 heterocycles. The zero-order chi connectivity index (χ0) is 12.7. The van der Waals surface area contributed by atoms with Gasteiger partial charge in [-0.05, 0) is 24.3 Å². The Kier molecular flexibility index (Phi) is 5.60. The number of sulfonamides is 1. The Hall–Kier alpha value is -0.920. The zero-order valence-corrected chi connectivity index (χ0v) is 10.9. The van der Waals surface area contributed by atoms with Gasteiger partial charge in [-0.2, -0.15) is 0 Å². The summed E-state index contributed by atoms with van der Waals surface area (Å²) in [5.74, 6) is -0.816. The molecule has 0 saturated heterocycles. The lowest BCUT2D eigenvalue weighted by Crippen LogP contribution is -2.23. The van der Waals surface area contributed by atoms with E-state index in [1.807, 2.05) is 0 Å². The van der Waals surface area contributed by atoms with Crippen LogP contribution in [0.3, 0.4) is 0 Å². The number of hydrogen-bond acceptors (Lipinski definition) is 4. The molecule has 1 rings (SSSR count). The largest absolute Gasteiger partial charge is 0.481 e. The van der Waals surface area contributed by atoms with Gasteiger partial charge in [0.1, 0.15) is 4.21 Å². The molecule has 7 heteroatoms. The van der Waals surface area contributed by atoms with Gasteiger partial charge in [-0.25, -0.2) is 13.1 Å². The van der Waals surface area contributed by atoms with Gasteiger partial charge >= 0.3 is 5.97 Å². The predicted octanol–water partition coefficient (Wildman–Crippen LogP) is 1.67. The van der Waals surface area contributed by atoms with Gasteiger partial charge in [0.25, 0.3) is 0 Å². The van der Waals surface area contributed by atoms with Gasteiger partial charge in [0.05, 0.1) is 0 Å². The molecule has 0 amide bonds. The Morgan fingerprint density at radius 3 is 2.71 bits per heavy atom. The van der Waals surface area contributed by atoms with E-state index in [0.29, 0.717) is 30.0 Å². The topological polar surface area (TPSA) is 83.5 Å². The highest BCUT2D eigenvalue weighted by Gasteiger charge is 2.13. The summed E-state index contributed by atoms with van der Waals surface area (Å²) in [6.45, 7) is 0.347. The molecule has 0 atom stereocenters. The number of carboxylic acid groups (broad SMARTS) is 1. The van der Waals surface area contributed by atoms with E-state index in [4.69, 9.17) is 5.11 Å². The lowest BCUT2D eigenvalue weighted by atomic mass is 10.2. The van der Waals surface area contributed by atoms with Gasteiger partial charge in [0.2, 0.25) is 10.0 Å². The van der Waals surface area contributed by atoms with Crippen LogP contribution in [0.1, 0.15) is 25.7 Å². The van der Waals surface area contributed by atoms with Crippen LogP contribution in [0.25, 0.3) is 0 Å². The summed E-state index contributed by atoms with van der Waals surface area (Å²) in [6, 6.07) is 3.24. The Morgan fingerprint density at radius 2 is 2.12 bits per heavy atom. The first-order chi connectivity index (χ1) is 8.02. The van der Waals surface area contributed by atoms with Crippen LogP contribution in [0.2, 0.25) is 0 Å². The average Bonchev–Trinajstić information content (AvgIpc) is 2.76. The van der Waals surface area contributed by atoms with Crippen molar-refractivity contribution in [3.63, 3.8) is 0 Å². The molecule has 0 spiro atoms. The molecule has 5 nitrogen and oxygen atoms in total. The van der Waals surface area contributed by atoms with Crippen LogP contribution in [0.5, 0.6) is 0 Å². The molecule has 0 aliphatic carbocycles. The van der Waals surface area contributed by atoms with Crippen LogP contribution >= 0.6 is 11.3 Å². The van der Waals surface area contributed by atoms with Gasteiger partial charge < -0.3 is 5.11 Å². The van der Waals surface area contributed by atoms with E-state index >= 15 is 0 Å². The minimum atomic E-state index is -3.37. The summed E-state index contributed by atoms with van der Waals surface area (Å²) in [4.78, 5) is 10.2. The van der Waals surface area contributed by atoms with E-state index in [2.05, 4.69) is 4.72 Å². The first-order valence-corrected chi connectivity index (χ1v) is 7.63. The molecule has 0 fully saturated rings. The SMILES string of the molecule is O=C(O)CCCCCNS(=O)(=O)c1cccs1. The van der Waals surface area contributed by atoms with E-state index in [-0.39, 0.29) is 6.42 Å². The van der Waals surface area contributed by atoms with Crippen LogP contribution < -0.4 is 4.72 Å². The fourth-order valence-electron chi connectivity index (χ4n) is 1.27. The second kappa shape index (κ2) is 6.73. The van der Waals surface area contributed by atoms with Gasteiger partial charge in [-0.1, -0.05) is 12.5 Å². The Morgan fingerprint density at radius 1 is 1.35 bits per heavy atom.